The maximum atomic E-state index is 13.0. The van der Waals surface area contributed by atoms with E-state index in [2.05, 4.69) is 46.6 Å². The molecule has 1 saturated carbocycles. The number of hydrogen-bond acceptors (Lipinski definition) is 6. The number of phenols is 1. The van der Waals surface area contributed by atoms with Crippen molar-refractivity contribution in [2.24, 2.45) is 10.2 Å². The SMILES string of the molecule is O=c1oc2ccc(Br)cc2cc1-c1cs/c(=N/N=C/c2cc(Br)ccc2O)n1C1CCCCC1. The topological polar surface area (TPSA) is 80.1 Å². The van der Waals surface area contributed by atoms with Crippen LogP contribution >= 0.6 is 43.2 Å². The molecule has 2 heterocycles. The van der Waals surface area contributed by atoms with Crippen molar-refractivity contribution in [3.05, 3.63) is 77.6 Å². The average molecular weight is 603 g/mol. The number of benzene rings is 2. The maximum absolute atomic E-state index is 13.0. The maximum Gasteiger partial charge on any atom is 0.345 e. The lowest BCUT2D eigenvalue weighted by molar-refractivity contribution is 0.350. The van der Waals surface area contributed by atoms with Crippen LogP contribution in [0.3, 0.4) is 0 Å². The summed E-state index contributed by atoms with van der Waals surface area (Å²) < 4.78 is 9.54. The number of nitrogens with zero attached hydrogens (tertiary/aromatic N) is 3. The fraction of sp³-hybridized carbons (Fsp3) is 0.240. The van der Waals surface area contributed by atoms with Gasteiger partial charge in [0.25, 0.3) is 0 Å². The van der Waals surface area contributed by atoms with E-state index in [1.165, 1.54) is 24.0 Å². The van der Waals surface area contributed by atoms with Gasteiger partial charge < -0.3 is 14.1 Å². The third-order valence-corrected chi connectivity index (χ3v) is 7.80. The van der Waals surface area contributed by atoms with E-state index in [1.54, 1.807) is 24.3 Å². The van der Waals surface area contributed by atoms with Gasteiger partial charge in [0.1, 0.15) is 11.3 Å². The lowest BCUT2D eigenvalue weighted by atomic mass is 9.95. The van der Waals surface area contributed by atoms with Gasteiger partial charge in [0.15, 0.2) is 0 Å². The van der Waals surface area contributed by atoms with Gasteiger partial charge in [-0.15, -0.1) is 16.4 Å². The van der Waals surface area contributed by atoms with Crippen molar-refractivity contribution in [2.45, 2.75) is 38.1 Å². The van der Waals surface area contributed by atoms with Gasteiger partial charge in [-0.2, -0.15) is 5.10 Å². The second-order valence-electron chi connectivity index (χ2n) is 8.24. The van der Waals surface area contributed by atoms with Crippen molar-refractivity contribution in [2.75, 3.05) is 0 Å². The minimum Gasteiger partial charge on any atom is -0.507 e. The highest BCUT2D eigenvalue weighted by atomic mass is 79.9. The Morgan fingerprint density at radius 2 is 1.82 bits per heavy atom. The van der Waals surface area contributed by atoms with Crippen LogP contribution < -0.4 is 10.4 Å². The molecule has 34 heavy (non-hydrogen) atoms. The molecule has 0 radical (unpaired) electrons. The Balaban J connectivity index is 1.63. The van der Waals surface area contributed by atoms with E-state index in [-0.39, 0.29) is 17.4 Å². The monoisotopic (exact) mass is 601 g/mol. The molecule has 9 heteroatoms. The molecule has 0 atom stereocenters. The van der Waals surface area contributed by atoms with E-state index >= 15 is 0 Å². The zero-order valence-electron chi connectivity index (χ0n) is 18.1. The molecule has 1 aliphatic rings. The second kappa shape index (κ2) is 10.0. The molecular weight excluding hydrogens is 582 g/mol. The summed E-state index contributed by atoms with van der Waals surface area (Å²) in [5.41, 5.74) is 2.07. The molecule has 0 unspecified atom stereocenters. The van der Waals surface area contributed by atoms with Crippen molar-refractivity contribution >= 4 is 60.4 Å². The van der Waals surface area contributed by atoms with Gasteiger partial charge in [0.2, 0.25) is 4.80 Å². The molecule has 174 valence electrons. The summed E-state index contributed by atoms with van der Waals surface area (Å²) in [5, 5.41) is 21.6. The molecule has 0 amide bonds. The minimum absolute atomic E-state index is 0.133. The molecule has 0 saturated heterocycles. The van der Waals surface area contributed by atoms with Gasteiger partial charge in [0, 0.05) is 31.3 Å². The van der Waals surface area contributed by atoms with Crippen molar-refractivity contribution in [3.63, 3.8) is 0 Å². The minimum atomic E-state index is -0.369. The number of halogens is 2. The van der Waals surface area contributed by atoms with Gasteiger partial charge in [-0.25, -0.2) is 4.79 Å². The number of fused-ring (bicyclic) bond motifs is 1. The van der Waals surface area contributed by atoms with Gasteiger partial charge in [-0.05, 0) is 55.3 Å². The molecule has 1 aliphatic carbocycles. The van der Waals surface area contributed by atoms with Crippen molar-refractivity contribution < 1.29 is 9.52 Å². The van der Waals surface area contributed by atoms with Crippen molar-refractivity contribution in [1.82, 2.24) is 4.57 Å². The first-order valence-electron chi connectivity index (χ1n) is 11.0. The van der Waals surface area contributed by atoms with Crippen LogP contribution in [0.1, 0.15) is 43.7 Å². The quantitative estimate of drug-likeness (QED) is 0.155. The fourth-order valence-corrected chi connectivity index (χ4v) is 5.99. The summed E-state index contributed by atoms with van der Waals surface area (Å²) in [6.07, 6.45) is 7.08. The standard InChI is InChI=1S/C25H21Br2N3O3S/c26-17-6-8-22(31)16(11-17)13-28-29-25-30(19-4-2-1-3-5-19)21(14-34-25)20-12-15-10-18(27)7-9-23(15)33-24(20)32/h6-14,19,31H,1-5H2/b28-13+,29-25+. The molecule has 1 N–H and O–H groups in total. The number of phenolic OH excluding ortho intramolecular Hbond substituents is 1. The molecule has 5 rings (SSSR count). The lowest BCUT2D eigenvalue weighted by Gasteiger charge is -2.25. The number of aromatic hydroxyl groups is 1. The van der Waals surface area contributed by atoms with Crippen LogP contribution in [-0.4, -0.2) is 15.9 Å². The Kier molecular flexibility index (Phi) is 6.85. The number of rotatable bonds is 4. The highest BCUT2D eigenvalue weighted by Gasteiger charge is 2.22. The predicted octanol–water partition coefficient (Wildman–Crippen LogP) is 6.99. The molecule has 6 nitrogen and oxygen atoms in total. The van der Waals surface area contributed by atoms with Crippen molar-refractivity contribution in [1.29, 1.82) is 0 Å². The molecule has 1 fully saturated rings. The summed E-state index contributed by atoms with van der Waals surface area (Å²) in [6.45, 7) is 0. The summed E-state index contributed by atoms with van der Waals surface area (Å²) in [4.78, 5) is 13.7. The Labute approximate surface area is 216 Å². The molecule has 4 aromatic rings. The van der Waals surface area contributed by atoms with E-state index < -0.39 is 0 Å². The largest absolute Gasteiger partial charge is 0.507 e. The smallest absolute Gasteiger partial charge is 0.345 e. The van der Waals surface area contributed by atoms with Crippen LogP contribution in [0.15, 0.2) is 76.2 Å². The van der Waals surface area contributed by atoms with Crippen LogP contribution in [0.4, 0.5) is 0 Å². The predicted molar refractivity (Wildman–Crippen MR) is 143 cm³/mol. The normalized spacial score (nSPS) is 15.5. The first-order chi connectivity index (χ1) is 16.5. The summed E-state index contributed by atoms with van der Waals surface area (Å²) in [7, 11) is 0. The van der Waals surface area contributed by atoms with E-state index in [9.17, 15) is 9.90 Å². The van der Waals surface area contributed by atoms with Crippen LogP contribution in [-0.2, 0) is 0 Å². The van der Waals surface area contributed by atoms with Gasteiger partial charge in [-0.3, -0.25) is 0 Å². The highest BCUT2D eigenvalue weighted by Crippen LogP contribution is 2.32. The summed E-state index contributed by atoms with van der Waals surface area (Å²) in [6, 6.07) is 12.9. The Bertz CT molecular complexity index is 1510. The van der Waals surface area contributed by atoms with E-state index in [1.807, 2.05) is 23.6 Å². The number of aromatic nitrogens is 1. The van der Waals surface area contributed by atoms with Crippen LogP contribution in [0.5, 0.6) is 5.75 Å². The van der Waals surface area contributed by atoms with Crippen LogP contribution in [0.2, 0.25) is 0 Å². The third kappa shape index (κ3) is 4.82. The number of hydrogen-bond donors (Lipinski definition) is 1. The first kappa shape index (κ1) is 23.3. The fourth-order valence-electron chi connectivity index (χ4n) is 4.32. The molecule has 0 bridgehead atoms. The first-order valence-corrected chi connectivity index (χ1v) is 13.5. The van der Waals surface area contributed by atoms with E-state index in [0.717, 1.165) is 45.7 Å². The average Bonchev–Trinajstić information content (AvgIpc) is 3.25. The third-order valence-electron chi connectivity index (χ3n) is 5.98. The zero-order chi connectivity index (χ0) is 23.7. The van der Waals surface area contributed by atoms with Crippen LogP contribution in [0.25, 0.3) is 22.2 Å². The zero-order valence-corrected chi connectivity index (χ0v) is 22.1. The lowest BCUT2D eigenvalue weighted by Crippen LogP contribution is -2.24. The molecule has 2 aromatic carbocycles. The van der Waals surface area contributed by atoms with E-state index in [0.29, 0.717) is 21.5 Å². The molecule has 2 aromatic heterocycles. The molecule has 0 aliphatic heterocycles. The van der Waals surface area contributed by atoms with Crippen molar-refractivity contribution in [3.8, 4) is 17.0 Å². The van der Waals surface area contributed by atoms with Gasteiger partial charge in [0.05, 0.1) is 17.5 Å². The Morgan fingerprint density at radius 1 is 1.06 bits per heavy atom. The highest BCUT2D eigenvalue weighted by molar-refractivity contribution is 9.10. The Hall–Kier alpha value is -2.49. The molecular formula is C25H21Br2N3O3S. The van der Waals surface area contributed by atoms with E-state index in [4.69, 9.17) is 4.42 Å². The Morgan fingerprint density at radius 3 is 2.65 bits per heavy atom. The van der Waals surface area contributed by atoms with Crippen LogP contribution in [0, 0.1) is 0 Å². The molecule has 0 spiro atoms. The van der Waals surface area contributed by atoms with Gasteiger partial charge in [-0.1, -0.05) is 51.1 Å². The summed E-state index contributed by atoms with van der Waals surface area (Å²) >= 11 is 8.35. The second-order valence-corrected chi connectivity index (χ2v) is 10.9. The summed E-state index contributed by atoms with van der Waals surface area (Å²) in [5.74, 6) is 0.133. The van der Waals surface area contributed by atoms with Gasteiger partial charge >= 0.3 is 5.63 Å². The number of thiazole rings is 1.